The zero-order chi connectivity index (χ0) is 11.1. The zero-order valence-electron chi connectivity index (χ0n) is 8.15. The van der Waals surface area contributed by atoms with Crippen LogP contribution in [0.5, 0.6) is 0 Å². The van der Waals surface area contributed by atoms with Crippen molar-refractivity contribution in [3.63, 3.8) is 0 Å². The summed E-state index contributed by atoms with van der Waals surface area (Å²) < 4.78 is 0. The van der Waals surface area contributed by atoms with Crippen molar-refractivity contribution in [2.24, 2.45) is 0 Å². The third-order valence-corrected chi connectivity index (χ3v) is 1.60. The number of carboxylic acids is 2. The van der Waals surface area contributed by atoms with Crippen LogP contribution < -0.4 is 0 Å². The van der Waals surface area contributed by atoms with Crippen LogP contribution in [-0.4, -0.2) is 22.2 Å². The SMILES string of the molecule is CC(=C[CH]CC=C(C)C(=O)O)C(=O)O. The highest BCUT2D eigenvalue weighted by molar-refractivity contribution is 5.86. The number of rotatable bonds is 5. The van der Waals surface area contributed by atoms with Crippen molar-refractivity contribution < 1.29 is 19.8 Å². The van der Waals surface area contributed by atoms with Gasteiger partial charge in [0.05, 0.1) is 0 Å². The summed E-state index contributed by atoms with van der Waals surface area (Å²) in [6.07, 6.45) is 5.00. The van der Waals surface area contributed by atoms with Crippen LogP contribution in [0.1, 0.15) is 20.3 Å². The summed E-state index contributed by atoms with van der Waals surface area (Å²) in [5.74, 6) is -1.93. The van der Waals surface area contributed by atoms with Crippen molar-refractivity contribution in [1.82, 2.24) is 0 Å². The average molecular weight is 197 g/mol. The monoisotopic (exact) mass is 197 g/mol. The van der Waals surface area contributed by atoms with Crippen LogP contribution in [0.4, 0.5) is 0 Å². The topological polar surface area (TPSA) is 74.6 Å². The van der Waals surface area contributed by atoms with Gasteiger partial charge >= 0.3 is 11.9 Å². The number of hydrogen-bond acceptors (Lipinski definition) is 2. The lowest BCUT2D eigenvalue weighted by atomic mass is 10.1. The Hall–Kier alpha value is -1.58. The highest BCUT2D eigenvalue weighted by Crippen LogP contribution is 2.01. The molecule has 4 heteroatoms. The lowest BCUT2D eigenvalue weighted by molar-refractivity contribution is -0.133. The van der Waals surface area contributed by atoms with E-state index in [1.165, 1.54) is 26.0 Å². The van der Waals surface area contributed by atoms with Gasteiger partial charge in [-0.05, 0) is 26.7 Å². The molecule has 0 aliphatic carbocycles. The van der Waals surface area contributed by atoms with Crippen LogP contribution >= 0.6 is 0 Å². The molecular weight excluding hydrogens is 184 g/mol. The lowest BCUT2D eigenvalue weighted by Crippen LogP contribution is -1.96. The molecule has 0 saturated carbocycles. The Balaban J connectivity index is 3.98. The van der Waals surface area contributed by atoms with Gasteiger partial charge in [-0.15, -0.1) is 0 Å². The Kier molecular flexibility index (Phi) is 5.29. The molecular formula is C10H13O4. The Morgan fingerprint density at radius 2 is 1.57 bits per heavy atom. The first-order chi connectivity index (χ1) is 6.45. The van der Waals surface area contributed by atoms with Crippen molar-refractivity contribution in [2.75, 3.05) is 0 Å². The molecule has 0 bridgehead atoms. The third kappa shape index (κ3) is 5.13. The number of hydrogen-bond donors (Lipinski definition) is 2. The van der Waals surface area contributed by atoms with Crippen molar-refractivity contribution in [3.05, 3.63) is 29.7 Å². The molecule has 0 saturated heterocycles. The van der Waals surface area contributed by atoms with E-state index in [1.54, 1.807) is 6.42 Å². The first-order valence-electron chi connectivity index (χ1n) is 4.08. The molecule has 14 heavy (non-hydrogen) atoms. The Morgan fingerprint density at radius 1 is 1.07 bits per heavy atom. The number of carbonyl (C=O) groups is 2. The fraction of sp³-hybridized carbons (Fsp3) is 0.300. The molecule has 4 nitrogen and oxygen atoms in total. The summed E-state index contributed by atoms with van der Waals surface area (Å²) in [4.78, 5) is 20.7. The van der Waals surface area contributed by atoms with Crippen LogP contribution in [0.15, 0.2) is 23.3 Å². The van der Waals surface area contributed by atoms with Gasteiger partial charge in [0.2, 0.25) is 0 Å². The third-order valence-electron chi connectivity index (χ3n) is 1.60. The van der Waals surface area contributed by atoms with Crippen LogP contribution in [-0.2, 0) is 9.59 Å². The van der Waals surface area contributed by atoms with Crippen molar-refractivity contribution >= 4 is 11.9 Å². The second-order valence-electron chi connectivity index (χ2n) is 2.82. The van der Waals surface area contributed by atoms with Crippen LogP contribution in [0.25, 0.3) is 0 Å². The number of aliphatic carboxylic acids is 2. The van der Waals surface area contributed by atoms with Gasteiger partial charge < -0.3 is 10.2 Å². The van der Waals surface area contributed by atoms with E-state index in [2.05, 4.69) is 0 Å². The fourth-order valence-electron chi connectivity index (χ4n) is 0.648. The maximum Gasteiger partial charge on any atom is 0.330 e. The molecule has 0 rings (SSSR count). The first kappa shape index (κ1) is 12.4. The summed E-state index contributed by atoms with van der Waals surface area (Å²) in [6.45, 7) is 2.97. The van der Waals surface area contributed by atoms with E-state index in [4.69, 9.17) is 10.2 Å². The van der Waals surface area contributed by atoms with Gasteiger partial charge in [-0.2, -0.15) is 0 Å². The molecule has 2 N–H and O–H groups in total. The minimum absolute atomic E-state index is 0.228. The van der Waals surface area contributed by atoms with Gasteiger partial charge in [-0.25, -0.2) is 9.59 Å². The van der Waals surface area contributed by atoms with E-state index in [0.29, 0.717) is 6.42 Å². The maximum absolute atomic E-state index is 10.3. The molecule has 1 radical (unpaired) electrons. The van der Waals surface area contributed by atoms with Gasteiger partial charge in [0.1, 0.15) is 0 Å². The lowest BCUT2D eigenvalue weighted by Gasteiger charge is -1.93. The molecule has 0 amide bonds. The predicted octanol–water partition coefficient (Wildman–Crippen LogP) is 1.64. The molecule has 0 aromatic rings. The maximum atomic E-state index is 10.3. The van der Waals surface area contributed by atoms with Gasteiger partial charge in [0.25, 0.3) is 0 Å². The second kappa shape index (κ2) is 5.96. The van der Waals surface area contributed by atoms with E-state index < -0.39 is 11.9 Å². The minimum atomic E-state index is -0.972. The molecule has 0 aliphatic rings. The smallest absolute Gasteiger partial charge is 0.330 e. The van der Waals surface area contributed by atoms with Gasteiger partial charge in [0, 0.05) is 11.1 Å². The van der Waals surface area contributed by atoms with E-state index in [9.17, 15) is 9.59 Å². The summed E-state index contributed by atoms with van der Waals surface area (Å²) >= 11 is 0. The Labute approximate surface area is 82.6 Å². The van der Waals surface area contributed by atoms with Gasteiger partial charge in [0.15, 0.2) is 0 Å². The van der Waals surface area contributed by atoms with Crippen molar-refractivity contribution in [2.45, 2.75) is 20.3 Å². The van der Waals surface area contributed by atoms with Crippen LogP contribution in [0.3, 0.4) is 0 Å². The second-order valence-corrected chi connectivity index (χ2v) is 2.82. The molecule has 0 unspecified atom stereocenters. The molecule has 0 aliphatic heterocycles. The van der Waals surface area contributed by atoms with Crippen LogP contribution in [0.2, 0.25) is 0 Å². The normalized spacial score (nSPS) is 12.7. The van der Waals surface area contributed by atoms with Gasteiger partial charge in [-0.1, -0.05) is 12.2 Å². The van der Waals surface area contributed by atoms with E-state index in [1.807, 2.05) is 0 Å². The predicted molar refractivity (Wildman–Crippen MR) is 51.7 cm³/mol. The van der Waals surface area contributed by atoms with Crippen molar-refractivity contribution in [3.8, 4) is 0 Å². The number of unbranched alkanes of at least 4 members (excludes halogenated alkanes) is 1. The van der Waals surface area contributed by atoms with E-state index in [-0.39, 0.29) is 11.1 Å². The zero-order valence-corrected chi connectivity index (χ0v) is 8.15. The minimum Gasteiger partial charge on any atom is -0.478 e. The number of carboxylic acid groups (broad SMARTS) is 2. The molecule has 0 aromatic carbocycles. The van der Waals surface area contributed by atoms with E-state index in [0.717, 1.165) is 0 Å². The Bertz CT molecular complexity index is 256. The molecule has 0 fully saturated rings. The van der Waals surface area contributed by atoms with E-state index >= 15 is 0 Å². The highest BCUT2D eigenvalue weighted by atomic mass is 16.4. The quantitative estimate of drug-likeness (QED) is 0.519. The largest absolute Gasteiger partial charge is 0.478 e. The molecule has 77 valence electrons. The fourth-order valence-corrected chi connectivity index (χ4v) is 0.648. The highest BCUT2D eigenvalue weighted by Gasteiger charge is 1.99. The van der Waals surface area contributed by atoms with Gasteiger partial charge in [-0.3, -0.25) is 0 Å². The average Bonchev–Trinajstić information content (AvgIpc) is 2.11. The summed E-state index contributed by atoms with van der Waals surface area (Å²) in [6, 6.07) is 0. The Morgan fingerprint density at radius 3 is 2.00 bits per heavy atom. The first-order valence-corrected chi connectivity index (χ1v) is 4.08. The van der Waals surface area contributed by atoms with Crippen LogP contribution in [0, 0.1) is 6.42 Å². The summed E-state index contributed by atoms with van der Waals surface area (Å²) in [5.41, 5.74) is 0.481. The number of allylic oxidation sites excluding steroid dienone is 2. The molecule has 0 aromatic heterocycles. The summed E-state index contributed by atoms with van der Waals surface area (Å²) in [5, 5.41) is 17.0. The standard InChI is InChI=1S/C10H13O4/c1-7(9(11)12)5-3-4-6-8(2)10(13)14/h3,5-6H,4H2,1-2H3,(H,11,12)(H,13,14). The van der Waals surface area contributed by atoms with Crippen molar-refractivity contribution in [1.29, 1.82) is 0 Å². The summed E-state index contributed by atoms with van der Waals surface area (Å²) in [7, 11) is 0. The molecule has 0 heterocycles. The molecule has 0 spiro atoms. The molecule has 0 atom stereocenters.